The van der Waals surface area contributed by atoms with Crippen LogP contribution in [0.15, 0.2) is 35.3 Å². The summed E-state index contributed by atoms with van der Waals surface area (Å²) in [5.74, 6) is -0.289. The predicted molar refractivity (Wildman–Crippen MR) is 89.6 cm³/mol. The van der Waals surface area contributed by atoms with E-state index in [9.17, 15) is 9.59 Å². The lowest BCUT2D eigenvalue weighted by atomic mass is 9.91. The minimum atomic E-state index is -0.652. The van der Waals surface area contributed by atoms with Gasteiger partial charge in [0.1, 0.15) is 12.1 Å². The monoisotopic (exact) mass is 316 g/mol. The van der Waals surface area contributed by atoms with Gasteiger partial charge in [-0.05, 0) is 32.3 Å². The average molecular weight is 316 g/mol. The second-order valence-electron chi connectivity index (χ2n) is 7.00. The number of aliphatic imine (C=N–C) groups is 1. The highest BCUT2D eigenvalue weighted by molar-refractivity contribution is 6.12. The zero-order valence-electron chi connectivity index (χ0n) is 14.4. The SMILES string of the molecule is CC(C)[C@H]1C(c2ccccc2)=NCC(=O)N1C(=O)OC(C)(C)C. The summed E-state index contributed by atoms with van der Waals surface area (Å²) in [5, 5.41) is 0. The average Bonchev–Trinajstić information content (AvgIpc) is 2.45. The highest BCUT2D eigenvalue weighted by Gasteiger charge is 2.40. The largest absolute Gasteiger partial charge is 0.443 e. The van der Waals surface area contributed by atoms with Crippen molar-refractivity contribution in [1.82, 2.24) is 4.90 Å². The maximum Gasteiger partial charge on any atom is 0.417 e. The Morgan fingerprint density at radius 3 is 2.39 bits per heavy atom. The molecule has 1 atom stereocenters. The van der Waals surface area contributed by atoms with Gasteiger partial charge >= 0.3 is 6.09 Å². The first-order chi connectivity index (χ1) is 10.7. The van der Waals surface area contributed by atoms with Crippen LogP contribution in [0.3, 0.4) is 0 Å². The number of amides is 2. The molecule has 0 bridgehead atoms. The summed E-state index contributed by atoms with van der Waals surface area (Å²) in [6.45, 7) is 9.27. The van der Waals surface area contributed by atoms with E-state index in [4.69, 9.17) is 4.74 Å². The number of hydrogen-bond donors (Lipinski definition) is 0. The summed E-state index contributed by atoms with van der Waals surface area (Å²) in [7, 11) is 0. The number of carbonyl (C=O) groups excluding carboxylic acids is 2. The van der Waals surface area contributed by atoms with Crippen LogP contribution in [0, 0.1) is 5.92 Å². The Morgan fingerprint density at radius 2 is 1.87 bits per heavy atom. The van der Waals surface area contributed by atoms with Crippen molar-refractivity contribution in [3.63, 3.8) is 0 Å². The molecule has 0 spiro atoms. The predicted octanol–water partition coefficient (Wildman–Crippen LogP) is 3.28. The van der Waals surface area contributed by atoms with Crippen LogP contribution in [0.2, 0.25) is 0 Å². The second-order valence-corrected chi connectivity index (χ2v) is 7.00. The fraction of sp³-hybridized carbons (Fsp3) is 0.500. The van der Waals surface area contributed by atoms with Gasteiger partial charge in [-0.25, -0.2) is 9.69 Å². The molecule has 0 unspecified atom stereocenters. The fourth-order valence-corrected chi connectivity index (χ4v) is 2.61. The molecule has 2 rings (SSSR count). The Kier molecular flexibility index (Phi) is 4.88. The van der Waals surface area contributed by atoms with Crippen LogP contribution in [-0.4, -0.2) is 40.8 Å². The molecule has 5 heteroatoms. The topological polar surface area (TPSA) is 59.0 Å². The molecule has 1 aromatic rings. The number of hydrogen-bond acceptors (Lipinski definition) is 4. The third kappa shape index (κ3) is 3.97. The third-order valence-electron chi connectivity index (χ3n) is 3.50. The maximum atomic E-state index is 12.5. The van der Waals surface area contributed by atoms with Crippen molar-refractivity contribution in [2.75, 3.05) is 6.54 Å². The van der Waals surface area contributed by atoms with E-state index in [2.05, 4.69) is 4.99 Å². The molecule has 0 radical (unpaired) electrons. The van der Waals surface area contributed by atoms with Crippen LogP contribution in [0.25, 0.3) is 0 Å². The van der Waals surface area contributed by atoms with Crippen LogP contribution in [-0.2, 0) is 9.53 Å². The molecular weight excluding hydrogens is 292 g/mol. The smallest absolute Gasteiger partial charge is 0.417 e. The van der Waals surface area contributed by atoms with Crippen molar-refractivity contribution >= 4 is 17.7 Å². The van der Waals surface area contributed by atoms with Gasteiger partial charge in [-0.2, -0.15) is 0 Å². The molecule has 0 fully saturated rings. The van der Waals surface area contributed by atoms with Gasteiger partial charge in [0.2, 0.25) is 0 Å². The summed E-state index contributed by atoms with van der Waals surface area (Å²) in [6, 6.07) is 9.23. The standard InChI is InChI=1S/C18H24N2O3/c1-12(2)16-15(13-9-7-6-8-10-13)19-11-14(21)20(16)17(22)23-18(3,4)5/h6-10,12,16H,11H2,1-5H3/t16-/m0/s1. The van der Waals surface area contributed by atoms with Gasteiger partial charge in [-0.15, -0.1) is 0 Å². The summed E-state index contributed by atoms with van der Waals surface area (Å²) in [4.78, 5) is 30.5. The van der Waals surface area contributed by atoms with Crippen LogP contribution in [0.5, 0.6) is 0 Å². The molecule has 124 valence electrons. The Morgan fingerprint density at radius 1 is 1.26 bits per heavy atom. The highest BCUT2D eigenvalue weighted by Crippen LogP contribution is 2.24. The van der Waals surface area contributed by atoms with Crippen molar-refractivity contribution in [3.8, 4) is 0 Å². The van der Waals surface area contributed by atoms with E-state index in [1.807, 2.05) is 44.2 Å². The molecule has 23 heavy (non-hydrogen) atoms. The molecule has 0 saturated heterocycles. The lowest BCUT2D eigenvalue weighted by molar-refractivity contribution is -0.131. The molecule has 1 aliphatic heterocycles. The Balaban J connectivity index is 2.40. The van der Waals surface area contributed by atoms with E-state index in [-0.39, 0.29) is 18.4 Å². The molecule has 0 saturated carbocycles. The fourth-order valence-electron chi connectivity index (χ4n) is 2.61. The van der Waals surface area contributed by atoms with E-state index in [0.717, 1.165) is 11.3 Å². The van der Waals surface area contributed by atoms with Crippen molar-refractivity contribution in [2.45, 2.75) is 46.3 Å². The van der Waals surface area contributed by atoms with Crippen LogP contribution in [0.1, 0.15) is 40.2 Å². The quantitative estimate of drug-likeness (QED) is 0.841. The first-order valence-electron chi connectivity index (χ1n) is 7.85. The normalized spacial score (nSPS) is 18.9. The summed E-state index contributed by atoms with van der Waals surface area (Å²) in [6.07, 6.45) is -0.607. The van der Waals surface area contributed by atoms with Gasteiger partial charge in [0, 0.05) is 0 Å². The number of imide groups is 1. The Bertz CT molecular complexity index is 615. The molecule has 0 aromatic heterocycles. The third-order valence-corrected chi connectivity index (χ3v) is 3.50. The van der Waals surface area contributed by atoms with Crippen LogP contribution >= 0.6 is 0 Å². The van der Waals surface area contributed by atoms with E-state index in [1.54, 1.807) is 20.8 Å². The van der Waals surface area contributed by atoms with E-state index >= 15 is 0 Å². The van der Waals surface area contributed by atoms with Gasteiger partial charge in [-0.3, -0.25) is 9.79 Å². The summed E-state index contributed by atoms with van der Waals surface area (Å²) >= 11 is 0. The van der Waals surface area contributed by atoms with Gasteiger partial charge < -0.3 is 4.74 Å². The van der Waals surface area contributed by atoms with Gasteiger partial charge in [-0.1, -0.05) is 44.2 Å². The van der Waals surface area contributed by atoms with Crippen molar-refractivity contribution in [2.24, 2.45) is 10.9 Å². The zero-order chi connectivity index (χ0) is 17.2. The maximum absolute atomic E-state index is 12.5. The molecule has 5 nitrogen and oxygen atoms in total. The lowest BCUT2D eigenvalue weighted by Crippen LogP contribution is -2.56. The number of nitrogens with zero attached hydrogens (tertiary/aromatic N) is 2. The van der Waals surface area contributed by atoms with Crippen molar-refractivity contribution < 1.29 is 14.3 Å². The van der Waals surface area contributed by atoms with Crippen LogP contribution < -0.4 is 0 Å². The molecule has 2 amide bonds. The minimum absolute atomic E-state index is 0.0331. The molecule has 1 aliphatic rings. The highest BCUT2D eigenvalue weighted by atomic mass is 16.6. The first kappa shape index (κ1) is 17.2. The van der Waals surface area contributed by atoms with Crippen LogP contribution in [0.4, 0.5) is 4.79 Å². The number of benzene rings is 1. The number of rotatable bonds is 2. The lowest BCUT2D eigenvalue weighted by Gasteiger charge is -2.37. The first-order valence-corrected chi connectivity index (χ1v) is 7.85. The Labute approximate surface area is 137 Å². The molecule has 1 heterocycles. The van der Waals surface area contributed by atoms with E-state index in [1.165, 1.54) is 4.90 Å². The molecule has 0 aliphatic carbocycles. The summed E-state index contributed by atoms with van der Waals surface area (Å²) < 4.78 is 5.42. The van der Waals surface area contributed by atoms with E-state index in [0.29, 0.717) is 0 Å². The number of carbonyl (C=O) groups is 2. The summed E-state index contributed by atoms with van der Waals surface area (Å²) in [5.41, 5.74) is 1.03. The van der Waals surface area contributed by atoms with Crippen molar-refractivity contribution in [3.05, 3.63) is 35.9 Å². The minimum Gasteiger partial charge on any atom is -0.443 e. The molecule has 0 N–H and O–H groups in total. The van der Waals surface area contributed by atoms with Gasteiger partial charge in [0.25, 0.3) is 5.91 Å². The molecular formula is C18H24N2O3. The van der Waals surface area contributed by atoms with E-state index < -0.39 is 17.7 Å². The second kappa shape index (κ2) is 6.52. The molecule has 1 aromatic carbocycles. The number of ether oxygens (including phenoxy) is 1. The van der Waals surface area contributed by atoms with Crippen molar-refractivity contribution in [1.29, 1.82) is 0 Å². The zero-order valence-corrected chi connectivity index (χ0v) is 14.4. The Hall–Kier alpha value is -2.17. The van der Waals surface area contributed by atoms with Gasteiger partial charge in [0.15, 0.2) is 0 Å². The van der Waals surface area contributed by atoms with Gasteiger partial charge in [0.05, 0.1) is 11.8 Å².